The third-order valence-electron chi connectivity index (χ3n) is 6.15. The minimum Gasteiger partial charge on any atom is -0.495 e. The van der Waals surface area contributed by atoms with Gasteiger partial charge in [0.05, 0.1) is 30.1 Å². The van der Waals surface area contributed by atoms with E-state index in [1.54, 1.807) is 12.5 Å². The van der Waals surface area contributed by atoms with E-state index < -0.39 is 11.7 Å². The van der Waals surface area contributed by atoms with E-state index >= 15 is 0 Å². The number of anilines is 1. The van der Waals surface area contributed by atoms with Crippen molar-refractivity contribution in [3.8, 4) is 5.75 Å². The Morgan fingerprint density at radius 1 is 1.06 bits per heavy atom. The number of aliphatic carboxylic acids is 1. The maximum Gasteiger partial charge on any atom is 0.331 e. The molecule has 1 radical (unpaired) electrons. The Balaban J connectivity index is 0.00000324. The second kappa shape index (κ2) is 11.5. The molecule has 3 heterocycles. The number of carboxylic acid groups (broad SMARTS) is 1. The summed E-state index contributed by atoms with van der Waals surface area (Å²) in [4.78, 5) is 42.6. The molecule has 4 rings (SSSR count). The zero-order chi connectivity index (χ0) is 23.5. The van der Waals surface area contributed by atoms with Crippen LogP contribution in [0.25, 0.3) is 10.9 Å². The molecule has 0 unspecified atom stereocenters. The number of ether oxygens (including phenoxy) is 1. The van der Waals surface area contributed by atoms with Gasteiger partial charge in [0.15, 0.2) is 0 Å². The quantitative estimate of drug-likeness (QED) is 0.473. The smallest absolute Gasteiger partial charge is 0.331 e. The number of carbonyl (C=O) groups is 1. The molecule has 0 atom stereocenters. The molecular formula is C23H28N4NaO5S. The first-order valence-corrected chi connectivity index (χ1v) is 11.8. The SMILES string of the molecule is COc1ccccc1N1CCN(CCn2c(=O)c3c(C)scc3n(CCC(=O)O)c2=O)CC1.[Na]. The number of aryl methyl sites for hydroxylation is 2. The van der Waals surface area contributed by atoms with Crippen molar-refractivity contribution in [2.24, 2.45) is 0 Å². The molecule has 9 nitrogen and oxygen atoms in total. The topological polar surface area (TPSA) is 97.0 Å². The summed E-state index contributed by atoms with van der Waals surface area (Å²) in [6.07, 6.45) is -0.174. The van der Waals surface area contributed by atoms with Gasteiger partial charge in [-0.2, -0.15) is 0 Å². The third-order valence-corrected chi connectivity index (χ3v) is 7.05. The Bertz CT molecular complexity index is 1280. The van der Waals surface area contributed by atoms with Crippen molar-refractivity contribution < 1.29 is 14.6 Å². The summed E-state index contributed by atoms with van der Waals surface area (Å²) in [5.41, 5.74) is 0.846. The van der Waals surface area contributed by atoms with E-state index in [0.29, 0.717) is 17.4 Å². The number of para-hydroxylation sites is 2. The van der Waals surface area contributed by atoms with E-state index in [4.69, 9.17) is 9.84 Å². The van der Waals surface area contributed by atoms with Crippen LogP contribution in [0.2, 0.25) is 0 Å². The van der Waals surface area contributed by atoms with Gasteiger partial charge in [0.1, 0.15) is 5.75 Å². The van der Waals surface area contributed by atoms with Crippen LogP contribution in [0.4, 0.5) is 5.69 Å². The number of fused-ring (bicyclic) bond motifs is 1. The fraction of sp³-hybridized carbons (Fsp3) is 0.435. The van der Waals surface area contributed by atoms with Crippen LogP contribution in [-0.2, 0) is 17.9 Å². The van der Waals surface area contributed by atoms with Crippen LogP contribution in [0.3, 0.4) is 0 Å². The van der Waals surface area contributed by atoms with Gasteiger partial charge >= 0.3 is 11.7 Å². The predicted octanol–water partition coefficient (Wildman–Crippen LogP) is 1.46. The normalized spacial score (nSPS) is 14.2. The molecule has 34 heavy (non-hydrogen) atoms. The molecule has 0 amide bonds. The number of nitrogens with zero attached hydrogens (tertiary/aromatic N) is 4. The van der Waals surface area contributed by atoms with Crippen molar-refractivity contribution in [2.45, 2.75) is 26.4 Å². The summed E-state index contributed by atoms with van der Waals surface area (Å²) < 4.78 is 8.16. The van der Waals surface area contributed by atoms with Gasteiger partial charge in [-0.05, 0) is 19.1 Å². The number of methoxy groups -OCH3 is 1. The molecule has 1 aromatic carbocycles. The first kappa shape index (κ1) is 26.5. The van der Waals surface area contributed by atoms with Crippen molar-refractivity contribution in [1.82, 2.24) is 14.0 Å². The Labute approximate surface area is 223 Å². The second-order valence-corrected chi connectivity index (χ2v) is 9.17. The van der Waals surface area contributed by atoms with E-state index in [1.807, 2.05) is 31.2 Å². The minimum absolute atomic E-state index is 0. The molecule has 1 saturated heterocycles. The maximum atomic E-state index is 13.1. The van der Waals surface area contributed by atoms with Gasteiger partial charge in [0.2, 0.25) is 0 Å². The van der Waals surface area contributed by atoms with E-state index in [0.717, 1.165) is 42.5 Å². The number of hydrogen-bond acceptors (Lipinski definition) is 7. The number of thiophene rings is 1. The monoisotopic (exact) mass is 495 g/mol. The van der Waals surface area contributed by atoms with E-state index in [1.165, 1.54) is 20.5 Å². The van der Waals surface area contributed by atoms with Crippen LogP contribution in [0.15, 0.2) is 39.2 Å². The summed E-state index contributed by atoms with van der Waals surface area (Å²) in [5.74, 6) is -0.133. The molecule has 1 aliphatic rings. The molecule has 1 N–H and O–H groups in total. The fourth-order valence-electron chi connectivity index (χ4n) is 4.34. The zero-order valence-corrected chi connectivity index (χ0v) is 22.6. The second-order valence-electron chi connectivity index (χ2n) is 8.09. The molecule has 0 aliphatic carbocycles. The molecule has 0 bridgehead atoms. The number of rotatable bonds is 8. The van der Waals surface area contributed by atoms with Gasteiger partial charge in [0, 0.05) is 85.6 Å². The van der Waals surface area contributed by atoms with Crippen molar-refractivity contribution in [2.75, 3.05) is 44.7 Å². The van der Waals surface area contributed by atoms with Crippen LogP contribution >= 0.6 is 11.3 Å². The molecule has 177 valence electrons. The fourth-order valence-corrected chi connectivity index (χ4v) is 5.18. The van der Waals surface area contributed by atoms with Crippen molar-refractivity contribution >= 4 is 63.5 Å². The van der Waals surface area contributed by atoms with Gasteiger partial charge in [-0.1, -0.05) is 12.1 Å². The molecule has 1 aliphatic heterocycles. The summed E-state index contributed by atoms with van der Waals surface area (Å²) in [6.45, 7) is 5.98. The van der Waals surface area contributed by atoms with Gasteiger partial charge in [-0.3, -0.25) is 23.6 Å². The van der Waals surface area contributed by atoms with Crippen LogP contribution in [-0.4, -0.2) is 94.5 Å². The summed E-state index contributed by atoms with van der Waals surface area (Å²) >= 11 is 1.40. The Hall–Kier alpha value is -2.11. The largest absolute Gasteiger partial charge is 0.495 e. The molecular weight excluding hydrogens is 467 g/mol. The summed E-state index contributed by atoms with van der Waals surface area (Å²) in [5, 5.41) is 11.3. The van der Waals surface area contributed by atoms with Gasteiger partial charge < -0.3 is 14.7 Å². The van der Waals surface area contributed by atoms with E-state index in [2.05, 4.69) is 9.80 Å². The summed E-state index contributed by atoms with van der Waals surface area (Å²) in [6, 6.07) is 7.94. The first-order chi connectivity index (χ1) is 15.9. The van der Waals surface area contributed by atoms with Crippen LogP contribution in [0, 0.1) is 6.92 Å². The Morgan fingerprint density at radius 2 is 1.76 bits per heavy atom. The molecule has 3 aromatic rings. The predicted molar refractivity (Wildman–Crippen MR) is 135 cm³/mol. The van der Waals surface area contributed by atoms with Gasteiger partial charge in [-0.15, -0.1) is 11.3 Å². The number of carboxylic acids is 1. The number of hydrogen-bond donors (Lipinski definition) is 1. The maximum absolute atomic E-state index is 13.1. The van der Waals surface area contributed by atoms with Crippen LogP contribution < -0.4 is 20.9 Å². The zero-order valence-electron chi connectivity index (χ0n) is 19.8. The number of aromatic nitrogens is 2. The van der Waals surface area contributed by atoms with Crippen molar-refractivity contribution in [3.63, 3.8) is 0 Å². The van der Waals surface area contributed by atoms with Crippen LogP contribution in [0.1, 0.15) is 11.3 Å². The standard InChI is InChI=1S/C23H28N4O5S.Na/c1-16-21-18(15-33-16)26(8-7-20(28)29)23(31)27(22(21)30)14-11-24-9-12-25(13-10-24)17-5-3-4-6-19(17)32-2;/h3-6,15H,7-14H2,1-2H3,(H,28,29);. The Morgan fingerprint density at radius 3 is 2.44 bits per heavy atom. The first-order valence-electron chi connectivity index (χ1n) is 10.9. The number of benzene rings is 1. The van der Waals surface area contributed by atoms with Gasteiger partial charge in [0.25, 0.3) is 5.56 Å². The van der Waals surface area contributed by atoms with Gasteiger partial charge in [-0.25, -0.2) is 4.79 Å². The van der Waals surface area contributed by atoms with E-state index in [-0.39, 0.29) is 54.6 Å². The van der Waals surface area contributed by atoms with E-state index in [9.17, 15) is 14.4 Å². The summed E-state index contributed by atoms with van der Waals surface area (Å²) in [7, 11) is 1.67. The molecule has 11 heteroatoms. The molecule has 0 spiro atoms. The van der Waals surface area contributed by atoms with Crippen LogP contribution in [0.5, 0.6) is 5.75 Å². The average Bonchev–Trinajstić information content (AvgIpc) is 3.20. The average molecular weight is 496 g/mol. The minimum atomic E-state index is -0.979. The Kier molecular flexibility index (Phi) is 9.00. The molecule has 2 aromatic heterocycles. The van der Waals surface area contributed by atoms with Crippen molar-refractivity contribution in [3.05, 3.63) is 55.4 Å². The molecule has 1 fully saturated rings. The number of piperazine rings is 1. The molecule has 0 saturated carbocycles. The van der Waals surface area contributed by atoms with Crippen molar-refractivity contribution in [1.29, 1.82) is 0 Å². The third kappa shape index (κ3) is 5.41.